The molecule has 1 aliphatic rings. The van der Waals surface area contributed by atoms with Crippen molar-refractivity contribution in [2.45, 2.75) is 51.6 Å². The van der Waals surface area contributed by atoms with E-state index in [4.69, 9.17) is 10.5 Å². The summed E-state index contributed by atoms with van der Waals surface area (Å²) in [6, 6.07) is 4.84. The van der Waals surface area contributed by atoms with Crippen LogP contribution in [0.1, 0.15) is 51.1 Å². The van der Waals surface area contributed by atoms with Gasteiger partial charge < -0.3 is 10.5 Å². The summed E-state index contributed by atoms with van der Waals surface area (Å²) < 4.78 is 5.13. The Kier molecular flexibility index (Phi) is 5.22. The second kappa shape index (κ2) is 6.75. The zero-order valence-corrected chi connectivity index (χ0v) is 13.8. The van der Waals surface area contributed by atoms with Gasteiger partial charge in [-0.2, -0.15) is 0 Å². The molecule has 0 spiro atoms. The standard InChI is InChI=1S/C17H29N3O/c1-17(2)9-7-14(8-10-17)20(3)15(11-18)13-5-6-16(21-4)19-12-13/h5-6,12,14-15H,7-11,18H2,1-4H3. The van der Waals surface area contributed by atoms with Crippen LogP contribution in [0.5, 0.6) is 5.88 Å². The number of nitrogens with zero attached hydrogens (tertiary/aromatic N) is 2. The third-order valence-electron chi connectivity index (χ3n) is 4.95. The van der Waals surface area contributed by atoms with Crippen LogP contribution in [0, 0.1) is 5.41 Å². The van der Waals surface area contributed by atoms with Crippen LogP contribution < -0.4 is 10.5 Å². The van der Waals surface area contributed by atoms with E-state index in [1.54, 1.807) is 7.11 Å². The molecule has 1 aromatic rings. The predicted molar refractivity (Wildman–Crippen MR) is 86.4 cm³/mol. The number of pyridine rings is 1. The molecule has 2 rings (SSSR count). The highest BCUT2D eigenvalue weighted by Crippen LogP contribution is 2.38. The van der Waals surface area contributed by atoms with Crippen LogP contribution in [-0.2, 0) is 0 Å². The van der Waals surface area contributed by atoms with Gasteiger partial charge in [-0.25, -0.2) is 4.98 Å². The zero-order valence-electron chi connectivity index (χ0n) is 13.8. The molecule has 21 heavy (non-hydrogen) atoms. The van der Waals surface area contributed by atoms with Crippen LogP contribution in [-0.4, -0.2) is 36.6 Å². The molecule has 0 bridgehead atoms. The molecule has 1 aliphatic carbocycles. The molecule has 2 N–H and O–H groups in total. The topological polar surface area (TPSA) is 51.4 Å². The molecule has 0 radical (unpaired) electrons. The van der Waals surface area contributed by atoms with Crippen molar-refractivity contribution >= 4 is 0 Å². The van der Waals surface area contributed by atoms with E-state index in [0.29, 0.717) is 23.9 Å². The molecular formula is C17H29N3O. The van der Waals surface area contributed by atoms with Gasteiger partial charge >= 0.3 is 0 Å². The van der Waals surface area contributed by atoms with Gasteiger partial charge in [-0.15, -0.1) is 0 Å². The first kappa shape index (κ1) is 16.2. The molecule has 4 heteroatoms. The average Bonchev–Trinajstić information content (AvgIpc) is 2.48. The van der Waals surface area contributed by atoms with Gasteiger partial charge in [0, 0.05) is 30.9 Å². The Morgan fingerprint density at radius 1 is 1.38 bits per heavy atom. The van der Waals surface area contributed by atoms with E-state index >= 15 is 0 Å². The highest BCUT2D eigenvalue weighted by molar-refractivity contribution is 5.21. The van der Waals surface area contributed by atoms with Crippen LogP contribution >= 0.6 is 0 Å². The Balaban J connectivity index is 2.05. The number of hydrogen-bond donors (Lipinski definition) is 1. The molecular weight excluding hydrogens is 262 g/mol. The summed E-state index contributed by atoms with van der Waals surface area (Å²) in [4.78, 5) is 6.76. The van der Waals surface area contributed by atoms with E-state index in [1.165, 1.54) is 31.2 Å². The van der Waals surface area contributed by atoms with Crippen LogP contribution in [0.2, 0.25) is 0 Å². The summed E-state index contributed by atoms with van der Waals surface area (Å²) in [6.07, 6.45) is 6.98. The summed E-state index contributed by atoms with van der Waals surface area (Å²) in [5, 5.41) is 0. The third kappa shape index (κ3) is 3.95. The van der Waals surface area contributed by atoms with Crippen molar-refractivity contribution in [2.75, 3.05) is 20.7 Å². The quantitative estimate of drug-likeness (QED) is 0.906. The molecule has 1 aromatic heterocycles. The number of hydrogen-bond acceptors (Lipinski definition) is 4. The molecule has 0 aliphatic heterocycles. The van der Waals surface area contributed by atoms with E-state index in [2.05, 4.69) is 36.8 Å². The second-order valence-corrected chi connectivity index (χ2v) is 6.95. The fraction of sp³-hybridized carbons (Fsp3) is 0.706. The first-order chi connectivity index (χ1) is 9.96. The van der Waals surface area contributed by atoms with E-state index in [9.17, 15) is 0 Å². The van der Waals surface area contributed by atoms with E-state index in [0.717, 1.165) is 0 Å². The molecule has 1 unspecified atom stereocenters. The van der Waals surface area contributed by atoms with Crippen molar-refractivity contribution in [1.82, 2.24) is 9.88 Å². The number of methoxy groups -OCH3 is 1. The van der Waals surface area contributed by atoms with Crippen LogP contribution in [0.3, 0.4) is 0 Å². The highest BCUT2D eigenvalue weighted by Gasteiger charge is 2.31. The van der Waals surface area contributed by atoms with Gasteiger partial charge in [0.1, 0.15) is 0 Å². The van der Waals surface area contributed by atoms with E-state index in [1.807, 2.05) is 12.3 Å². The lowest BCUT2D eigenvalue weighted by Gasteiger charge is -2.41. The molecule has 4 nitrogen and oxygen atoms in total. The lowest BCUT2D eigenvalue weighted by molar-refractivity contribution is 0.0965. The minimum absolute atomic E-state index is 0.231. The largest absolute Gasteiger partial charge is 0.481 e. The SMILES string of the molecule is COc1ccc(C(CN)N(C)C2CCC(C)(C)CC2)cn1. The number of likely N-dealkylation sites (N-methyl/N-ethyl adjacent to an activating group) is 1. The highest BCUT2D eigenvalue weighted by atomic mass is 16.5. The van der Waals surface area contributed by atoms with Crippen LogP contribution in [0.15, 0.2) is 18.3 Å². The summed E-state index contributed by atoms with van der Waals surface area (Å²) in [5.74, 6) is 0.650. The maximum Gasteiger partial charge on any atom is 0.212 e. The lowest BCUT2D eigenvalue weighted by Crippen LogP contribution is -2.41. The molecule has 1 saturated carbocycles. The van der Waals surface area contributed by atoms with Gasteiger partial charge in [-0.1, -0.05) is 19.9 Å². The maximum absolute atomic E-state index is 6.04. The van der Waals surface area contributed by atoms with Gasteiger partial charge in [-0.3, -0.25) is 4.90 Å². The molecule has 118 valence electrons. The van der Waals surface area contributed by atoms with Crippen molar-refractivity contribution in [3.63, 3.8) is 0 Å². The Bertz CT molecular complexity index is 434. The molecule has 1 atom stereocenters. The first-order valence-corrected chi connectivity index (χ1v) is 7.89. The van der Waals surface area contributed by atoms with Crippen LogP contribution in [0.25, 0.3) is 0 Å². The average molecular weight is 291 g/mol. The molecule has 0 aromatic carbocycles. The van der Waals surface area contributed by atoms with E-state index < -0.39 is 0 Å². The summed E-state index contributed by atoms with van der Waals surface area (Å²) >= 11 is 0. The van der Waals surface area contributed by atoms with Crippen molar-refractivity contribution < 1.29 is 4.74 Å². The fourth-order valence-electron chi connectivity index (χ4n) is 3.29. The number of aromatic nitrogens is 1. The van der Waals surface area contributed by atoms with Crippen LogP contribution in [0.4, 0.5) is 0 Å². The van der Waals surface area contributed by atoms with Crippen molar-refractivity contribution in [3.05, 3.63) is 23.9 Å². The van der Waals surface area contributed by atoms with Crippen molar-refractivity contribution in [1.29, 1.82) is 0 Å². The molecule has 0 saturated heterocycles. The molecule has 1 fully saturated rings. The zero-order chi connectivity index (χ0) is 15.5. The summed E-state index contributed by atoms with van der Waals surface area (Å²) in [5.41, 5.74) is 7.70. The maximum atomic E-state index is 6.04. The predicted octanol–water partition coefficient (Wildman–Crippen LogP) is 2.99. The normalized spacial score (nSPS) is 20.5. The summed E-state index contributed by atoms with van der Waals surface area (Å²) in [6.45, 7) is 5.36. The monoisotopic (exact) mass is 291 g/mol. The Labute approximate surface area is 128 Å². The second-order valence-electron chi connectivity index (χ2n) is 6.95. The Morgan fingerprint density at radius 2 is 2.05 bits per heavy atom. The third-order valence-corrected chi connectivity index (χ3v) is 4.95. The van der Waals surface area contributed by atoms with Gasteiger partial charge in [0.25, 0.3) is 0 Å². The van der Waals surface area contributed by atoms with Gasteiger partial charge in [0.05, 0.1) is 7.11 Å². The Morgan fingerprint density at radius 3 is 2.52 bits per heavy atom. The van der Waals surface area contributed by atoms with E-state index in [-0.39, 0.29) is 6.04 Å². The lowest BCUT2D eigenvalue weighted by atomic mass is 9.75. The van der Waals surface area contributed by atoms with Crippen molar-refractivity contribution in [2.24, 2.45) is 11.1 Å². The van der Waals surface area contributed by atoms with Gasteiger partial charge in [0.2, 0.25) is 5.88 Å². The minimum Gasteiger partial charge on any atom is -0.481 e. The number of rotatable bonds is 5. The van der Waals surface area contributed by atoms with Gasteiger partial charge in [-0.05, 0) is 43.7 Å². The first-order valence-electron chi connectivity index (χ1n) is 7.89. The smallest absolute Gasteiger partial charge is 0.212 e. The number of nitrogens with two attached hydrogens (primary N) is 1. The summed E-state index contributed by atoms with van der Waals surface area (Å²) in [7, 11) is 3.84. The fourth-order valence-corrected chi connectivity index (χ4v) is 3.29. The molecule has 1 heterocycles. The number of ether oxygens (including phenoxy) is 1. The van der Waals surface area contributed by atoms with Gasteiger partial charge in [0.15, 0.2) is 0 Å². The van der Waals surface area contributed by atoms with Crippen molar-refractivity contribution in [3.8, 4) is 5.88 Å². The minimum atomic E-state index is 0.231. The molecule has 0 amide bonds. The Hall–Kier alpha value is -1.13.